The topological polar surface area (TPSA) is 39.1 Å². The fourth-order valence-corrected chi connectivity index (χ4v) is 1.77. The van der Waals surface area contributed by atoms with Crippen LogP contribution in [0.25, 0.3) is 0 Å². The van der Waals surface area contributed by atoms with Gasteiger partial charge in [0.25, 0.3) is 0 Å². The van der Waals surface area contributed by atoms with Gasteiger partial charge in [-0.15, -0.1) is 0 Å². The van der Waals surface area contributed by atoms with Crippen LogP contribution < -0.4 is 0 Å². The SMILES string of the molecule is CN1CCN(CCO)C1=Nc1c[c]ccc1. The second-order valence-corrected chi connectivity index (χ2v) is 3.81. The number of likely N-dealkylation sites (N-methyl/N-ethyl adjacent to an activating group) is 1. The minimum atomic E-state index is 0.160. The highest BCUT2D eigenvalue weighted by molar-refractivity contribution is 5.84. The Bertz CT molecular complexity index is 362. The Hall–Kier alpha value is -1.55. The first-order valence-electron chi connectivity index (χ1n) is 5.43. The summed E-state index contributed by atoms with van der Waals surface area (Å²) in [6.45, 7) is 2.68. The van der Waals surface area contributed by atoms with E-state index in [2.05, 4.69) is 20.9 Å². The molecule has 0 amide bonds. The molecule has 0 aromatic heterocycles. The van der Waals surface area contributed by atoms with Gasteiger partial charge < -0.3 is 14.9 Å². The van der Waals surface area contributed by atoms with Gasteiger partial charge in [-0.25, -0.2) is 4.99 Å². The summed E-state index contributed by atoms with van der Waals surface area (Å²) in [5, 5.41) is 8.98. The molecule has 1 N–H and O–H groups in total. The normalized spacial score (nSPS) is 18.5. The van der Waals surface area contributed by atoms with E-state index < -0.39 is 0 Å². The molecule has 1 fully saturated rings. The highest BCUT2D eigenvalue weighted by Crippen LogP contribution is 2.14. The van der Waals surface area contributed by atoms with Crippen LogP contribution in [-0.2, 0) is 0 Å². The molecule has 1 aromatic rings. The third-order valence-electron chi connectivity index (χ3n) is 2.62. The Morgan fingerprint density at radius 1 is 1.50 bits per heavy atom. The number of hydrogen-bond acceptors (Lipinski definition) is 2. The van der Waals surface area contributed by atoms with Crippen molar-refractivity contribution in [3.05, 3.63) is 30.3 Å². The monoisotopic (exact) mass is 218 g/mol. The molecule has 0 spiro atoms. The maximum absolute atomic E-state index is 8.98. The van der Waals surface area contributed by atoms with Crippen LogP contribution in [0.1, 0.15) is 0 Å². The van der Waals surface area contributed by atoms with Crippen molar-refractivity contribution in [3.8, 4) is 0 Å². The van der Waals surface area contributed by atoms with Crippen molar-refractivity contribution in [3.63, 3.8) is 0 Å². The van der Waals surface area contributed by atoms with E-state index in [4.69, 9.17) is 5.11 Å². The molecule has 4 heteroatoms. The third kappa shape index (κ3) is 2.33. The average molecular weight is 218 g/mol. The smallest absolute Gasteiger partial charge is 0.201 e. The Morgan fingerprint density at radius 3 is 3.06 bits per heavy atom. The van der Waals surface area contributed by atoms with Crippen molar-refractivity contribution < 1.29 is 5.11 Å². The Morgan fingerprint density at radius 2 is 2.38 bits per heavy atom. The molecular formula is C12H16N3O. The predicted molar refractivity (Wildman–Crippen MR) is 63.7 cm³/mol. The number of rotatable bonds is 3. The van der Waals surface area contributed by atoms with Gasteiger partial charge in [0, 0.05) is 26.7 Å². The van der Waals surface area contributed by atoms with E-state index in [9.17, 15) is 0 Å². The maximum atomic E-state index is 8.98. The lowest BCUT2D eigenvalue weighted by molar-refractivity contribution is 0.257. The highest BCUT2D eigenvalue weighted by Gasteiger charge is 2.22. The van der Waals surface area contributed by atoms with Gasteiger partial charge in [0.05, 0.1) is 12.3 Å². The summed E-state index contributed by atoms with van der Waals surface area (Å²) >= 11 is 0. The van der Waals surface area contributed by atoms with E-state index in [-0.39, 0.29) is 6.61 Å². The first kappa shape index (κ1) is 11.0. The molecule has 1 heterocycles. The molecule has 2 rings (SSSR count). The molecule has 1 aliphatic rings. The summed E-state index contributed by atoms with van der Waals surface area (Å²) in [7, 11) is 2.02. The van der Waals surface area contributed by atoms with Crippen molar-refractivity contribution >= 4 is 11.6 Å². The number of nitrogens with zero attached hydrogens (tertiary/aromatic N) is 3. The summed E-state index contributed by atoms with van der Waals surface area (Å²) in [5.74, 6) is 0.925. The average Bonchev–Trinajstić information content (AvgIpc) is 2.64. The molecule has 1 saturated heterocycles. The molecule has 0 aliphatic carbocycles. The number of aliphatic hydroxyl groups is 1. The molecule has 85 valence electrons. The van der Waals surface area contributed by atoms with Crippen LogP contribution >= 0.6 is 0 Å². The molecule has 4 nitrogen and oxygen atoms in total. The van der Waals surface area contributed by atoms with Crippen LogP contribution in [0.2, 0.25) is 0 Å². The minimum absolute atomic E-state index is 0.160. The number of aliphatic hydroxyl groups excluding tert-OH is 1. The van der Waals surface area contributed by atoms with E-state index in [1.54, 1.807) is 0 Å². The second-order valence-electron chi connectivity index (χ2n) is 3.81. The van der Waals surface area contributed by atoms with Crippen LogP contribution in [0.3, 0.4) is 0 Å². The second kappa shape index (κ2) is 4.99. The molecule has 0 saturated carbocycles. The number of benzene rings is 1. The number of guanidine groups is 1. The van der Waals surface area contributed by atoms with Crippen molar-refractivity contribution in [2.24, 2.45) is 4.99 Å². The van der Waals surface area contributed by atoms with Gasteiger partial charge in [0.15, 0.2) is 0 Å². The van der Waals surface area contributed by atoms with E-state index in [0.29, 0.717) is 6.54 Å². The Kier molecular flexibility index (Phi) is 3.41. The van der Waals surface area contributed by atoms with Gasteiger partial charge in [-0.2, -0.15) is 0 Å². The zero-order valence-corrected chi connectivity index (χ0v) is 9.43. The van der Waals surface area contributed by atoms with Gasteiger partial charge in [-0.3, -0.25) is 0 Å². The summed E-state index contributed by atoms with van der Waals surface area (Å²) < 4.78 is 0. The summed E-state index contributed by atoms with van der Waals surface area (Å²) in [6, 6.07) is 10.6. The molecule has 16 heavy (non-hydrogen) atoms. The zero-order chi connectivity index (χ0) is 11.4. The van der Waals surface area contributed by atoms with Crippen LogP contribution in [0.4, 0.5) is 5.69 Å². The van der Waals surface area contributed by atoms with E-state index in [0.717, 1.165) is 24.7 Å². The standard InChI is InChI=1S/C12H16N3O/c1-14-7-8-15(9-10-16)12(14)13-11-5-3-2-4-6-11/h2-3,5-6,16H,7-10H2,1H3. The van der Waals surface area contributed by atoms with E-state index >= 15 is 0 Å². The zero-order valence-electron chi connectivity index (χ0n) is 9.43. The fourth-order valence-electron chi connectivity index (χ4n) is 1.77. The van der Waals surface area contributed by atoms with Gasteiger partial charge >= 0.3 is 0 Å². The molecule has 1 aromatic carbocycles. The van der Waals surface area contributed by atoms with Crippen molar-refractivity contribution in [2.75, 3.05) is 33.3 Å². The molecule has 0 bridgehead atoms. The Labute approximate surface area is 95.8 Å². The lowest BCUT2D eigenvalue weighted by atomic mass is 10.3. The lowest BCUT2D eigenvalue weighted by Gasteiger charge is -2.19. The Balaban J connectivity index is 2.20. The fraction of sp³-hybridized carbons (Fsp3) is 0.417. The predicted octanol–water partition coefficient (Wildman–Crippen LogP) is 0.714. The molecule has 1 radical (unpaired) electrons. The van der Waals surface area contributed by atoms with Crippen LogP contribution in [-0.4, -0.2) is 54.2 Å². The van der Waals surface area contributed by atoms with E-state index in [1.807, 2.05) is 31.3 Å². The summed E-state index contributed by atoms with van der Waals surface area (Å²) in [4.78, 5) is 8.76. The maximum Gasteiger partial charge on any atom is 0.201 e. The summed E-state index contributed by atoms with van der Waals surface area (Å²) in [6.07, 6.45) is 0. The minimum Gasteiger partial charge on any atom is -0.395 e. The van der Waals surface area contributed by atoms with Crippen LogP contribution in [0.15, 0.2) is 29.3 Å². The van der Waals surface area contributed by atoms with Gasteiger partial charge in [0.2, 0.25) is 5.96 Å². The van der Waals surface area contributed by atoms with Crippen molar-refractivity contribution in [1.29, 1.82) is 0 Å². The van der Waals surface area contributed by atoms with Crippen LogP contribution in [0, 0.1) is 6.07 Å². The van der Waals surface area contributed by atoms with Crippen molar-refractivity contribution in [2.45, 2.75) is 0 Å². The molecule has 0 atom stereocenters. The number of β-amino-alcohol motifs (C(OH)–C–C–N with tert-alkyl or cyclic N) is 1. The summed E-state index contributed by atoms with van der Waals surface area (Å²) in [5.41, 5.74) is 0.897. The molecular weight excluding hydrogens is 202 g/mol. The quantitative estimate of drug-likeness (QED) is 0.812. The van der Waals surface area contributed by atoms with Crippen LogP contribution in [0.5, 0.6) is 0 Å². The number of hydrogen-bond donors (Lipinski definition) is 1. The number of aliphatic imine (C=N–C) groups is 1. The van der Waals surface area contributed by atoms with Gasteiger partial charge in [0.1, 0.15) is 0 Å². The van der Waals surface area contributed by atoms with E-state index in [1.165, 1.54) is 0 Å². The first-order chi connectivity index (χ1) is 7.81. The highest BCUT2D eigenvalue weighted by atomic mass is 16.3. The largest absolute Gasteiger partial charge is 0.395 e. The third-order valence-corrected chi connectivity index (χ3v) is 2.62. The van der Waals surface area contributed by atoms with Crippen molar-refractivity contribution in [1.82, 2.24) is 9.80 Å². The molecule has 1 aliphatic heterocycles. The first-order valence-corrected chi connectivity index (χ1v) is 5.43. The molecule has 0 unspecified atom stereocenters. The van der Waals surface area contributed by atoms with Gasteiger partial charge in [-0.1, -0.05) is 12.1 Å². The van der Waals surface area contributed by atoms with Gasteiger partial charge in [-0.05, 0) is 18.2 Å². The lowest BCUT2D eigenvalue weighted by Crippen LogP contribution is -2.33.